The quantitative estimate of drug-likeness (QED) is 0.708. The molecule has 0 fully saturated rings. The number of rotatable bonds is 5. The van der Waals surface area contributed by atoms with Crippen LogP contribution in [0.4, 0.5) is 5.69 Å². The molecular formula is C20H18ClN3O3. The van der Waals surface area contributed by atoms with Gasteiger partial charge in [-0.2, -0.15) is 0 Å². The van der Waals surface area contributed by atoms with Crippen molar-refractivity contribution in [2.24, 2.45) is 0 Å². The van der Waals surface area contributed by atoms with Gasteiger partial charge >= 0.3 is 0 Å². The highest BCUT2D eigenvalue weighted by Gasteiger charge is 2.18. The number of hydrogen-bond acceptors (Lipinski definition) is 5. The number of methoxy groups -OCH3 is 2. The van der Waals surface area contributed by atoms with E-state index in [1.807, 2.05) is 30.3 Å². The summed E-state index contributed by atoms with van der Waals surface area (Å²) in [5.41, 5.74) is 2.15. The average molecular weight is 384 g/mol. The summed E-state index contributed by atoms with van der Waals surface area (Å²) >= 11 is 6.26. The summed E-state index contributed by atoms with van der Waals surface area (Å²) in [5.74, 6) is 1.11. The third-order valence-corrected chi connectivity index (χ3v) is 4.28. The molecule has 0 aliphatic carbocycles. The van der Waals surface area contributed by atoms with E-state index >= 15 is 0 Å². The number of carbonyl (C=O) groups is 1. The molecule has 0 atom stereocenters. The second kappa shape index (κ2) is 8.05. The van der Waals surface area contributed by atoms with Crippen LogP contribution in [0.15, 0.2) is 48.7 Å². The first-order valence-electron chi connectivity index (χ1n) is 8.15. The van der Waals surface area contributed by atoms with Crippen molar-refractivity contribution in [2.45, 2.75) is 6.92 Å². The Bertz CT molecular complexity index is 978. The largest absolute Gasteiger partial charge is 0.497 e. The van der Waals surface area contributed by atoms with E-state index in [4.69, 9.17) is 21.1 Å². The van der Waals surface area contributed by atoms with Gasteiger partial charge in [0.25, 0.3) is 5.91 Å². The van der Waals surface area contributed by atoms with Gasteiger partial charge in [0.2, 0.25) is 0 Å². The highest BCUT2D eigenvalue weighted by atomic mass is 35.5. The van der Waals surface area contributed by atoms with Gasteiger partial charge in [-0.15, -0.1) is 0 Å². The molecule has 0 radical (unpaired) electrons. The molecule has 0 saturated heterocycles. The Morgan fingerprint density at radius 3 is 2.48 bits per heavy atom. The lowest BCUT2D eigenvalue weighted by molar-refractivity contribution is 0.102. The maximum atomic E-state index is 12.7. The maximum Gasteiger partial charge on any atom is 0.259 e. The second-order valence-corrected chi connectivity index (χ2v) is 6.11. The number of halogens is 1. The molecule has 3 rings (SSSR count). The fraction of sp³-hybridized carbons (Fsp3) is 0.150. The lowest BCUT2D eigenvalue weighted by Gasteiger charge is -2.14. The Balaban J connectivity index is 1.89. The normalized spacial score (nSPS) is 10.4. The zero-order chi connectivity index (χ0) is 19.4. The van der Waals surface area contributed by atoms with Gasteiger partial charge in [0.1, 0.15) is 17.2 Å². The number of nitrogens with one attached hydrogen (secondary N) is 1. The third kappa shape index (κ3) is 4.01. The van der Waals surface area contributed by atoms with E-state index in [9.17, 15) is 4.79 Å². The molecule has 0 spiro atoms. The Kier molecular flexibility index (Phi) is 5.57. The summed E-state index contributed by atoms with van der Waals surface area (Å²) in [7, 11) is 3.02. The molecule has 2 aromatic carbocycles. The van der Waals surface area contributed by atoms with Crippen molar-refractivity contribution in [1.82, 2.24) is 9.97 Å². The van der Waals surface area contributed by atoms with Crippen LogP contribution in [-0.2, 0) is 0 Å². The maximum absolute atomic E-state index is 12.7. The summed E-state index contributed by atoms with van der Waals surface area (Å²) in [5, 5.41) is 3.07. The van der Waals surface area contributed by atoms with Crippen LogP contribution in [0.25, 0.3) is 11.4 Å². The van der Waals surface area contributed by atoms with Crippen LogP contribution in [0, 0.1) is 6.92 Å². The predicted octanol–water partition coefficient (Wildman–Crippen LogP) is 4.37. The molecule has 7 heteroatoms. The first-order valence-corrected chi connectivity index (χ1v) is 8.53. The van der Waals surface area contributed by atoms with Crippen molar-refractivity contribution in [2.75, 3.05) is 19.5 Å². The summed E-state index contributed by atoms with van der Waals surface area (Å²) in [6.45, 7) is 1.76. The number of amides is 1. The highest BCUT2D eigenvalue weighted by molar-refractivity contribution is 6.34. The molecule has 1 N–H and O–H groups in total. The van der Waals surface area contributed by atoms with E-state index in [1.54, 1.807) is 19.1 Å². The molecule has 1 aromatic heterocycles. The molecule has 0 aliphatic rings. The van der Waals surface area contributed by atoms with Gasteiger partial charge in [0.05, 0.1) is 30.5 Å². The van der Waals surface area contributed by atoms with Gasteiger partial charge in [-0.25, -0.2) is 9.97 Å². The van der Waals surface area contributed by atoms with Gasteiger partial charge in [0.15, 0.2) is 5.82 Å². The average Bonchev–Trinajstić information content (AvgIpc) is 2.69. The van der Waals surface area contributed by atoms with Crippen LogP contribution in [0.3, 0.4) is 0 Å². The second-order valence-electron chi connectivity index (χ2n) is 5.70. The first kappa shape index (κ1) is 18.7. The molecule has 3 aromatic rings. The molecule has 1 amide bonds. The molecule has 138 valence electrons. The SMILES string of the molecule is COc1cc(Cl)c(NC(=O)c2cnc(-c3ccccc3)nc2C)c(OC)c1. The monoisotopic (exact) mass is 383 g/mol. The van der Waals surface area contributed by atoms with Gasteiger partial charge in [-0.05, 0) is 6.92 Å². The predicted molar refractivity (Wildman–Crippen MR) is 105 cm³/mol. The summed E-state index contributed by atoms with van der Waals surface area (Å²) < 4.78 is 10.5. The highest BCUT2D eigenvalue weighted by Crippen LogP contribution is 2.37. The van der Waals surface area contributed by atoms with Crippen LogP contribution >= 0.6 is 11.6 Å². The van der Waals surface area contributed by atoms with Gasteiger partial charge < -0.3 is 14.8 Å². The zero-order valence-electron chi connectivity index (χ0n) is 15.1. The van der Waals surface area contributed by atoms with E-state index in [0.717, 1.165) is 5.56 Å². The minimum absolute atomic E-state index is 0.305. The molecule has 0 unspecified atom stereocenters. The Morgan fingerprint density at radius 1 is 1.11 bits per heavy atom. The van der Waals surface area contributed by atoms with E-state index in [1.165, 1.54) is 20.4 Å². The van der Waals surface area contributed by atoms with Crippen LogP contribution in [0.2, 0.25) is 5.02 Å². The van der Waals surface area contributed by atoms with Crippen LogP contribution < -0.4 is 14.8 Å². The third-order valence-electron chi connectivity index (χ3n) is 3.98. The molecule has 1 heterocycles. The zero-order valence-corrected chi connectivity index (χ0v) is 15.9. The molecule has 6 nitrogen and oxygen atoms in total. The first-order chi connectivity index (χ1) is 13.0. The summed E-state index contributed by atoms with van der Waals surface area (Å²) in [4.78, 5) is 21.5. The molecule has 0 saturated carbocycles. The van der Waals surface area contributed by atoms with Crippen molar-refractivity contribution in [3.63, 3.8) is 0 Å². The van der Waals surface area contributed by atoms with Crippen LogP contribution in [0.5, 0.6) is 11.5 Å². The molecular weight excluding hydrogens is 366 g/mol. The van der Waals surface area contributed by atoms with Crippen LogP contribution in [-0.4, -0.2) is 30.1 Å². The smallest absolute Gasteiger partial charge is 0.259 e. The van der Waals surface area contributed by atoms with E-state index in [0.29, 0.717) is 39.3 Å². The van der Waals surface area contributed by atoms with E-state index in [2.05, 4.69) is 15.3 Å². The van der Waals surface area contributed by atoms with E-state index < -0.39 is 0 Å². The van der Waals surface area contributed by atoms with Crippen molar-refractivity contribution in [3.8, 4) is 22.9 Å². The van der Waals surface area contributed by atoms with Gasteiger partial charge in [-0.3, -0.25) is 4.79 Å². The Hall–Kier alpha value is -3.12. The number of nitrogens with zero attached hydrogens (tertiary/aromatic N) is 2. The minimum Gasteiger partial charge on any atom is -0.497 e. The molecule has 0 aliphatic heterocycles. The minimum atomic E-state index is -0.377. The topological polar surface area (TPSA) is 73.3 Å². The number of anilines is 1. The van der Waals surface area contributed by atoms with Crippen LogP contribution in [0.1, 0.15) is 16.1 Å². The number of aryl methyl sites for hydroxylation is 1. The number of carbonyl (C=O) groups excluding carboxylic acids is 1. The van der Waals surface area contributed by atoms with E-state index in [-0.39, 0.29) is 5.91 Å². The number of hydrogen-bond donors (Lipinski definition) is 1. The van der Waals surface area contributed by atoms with Gasteiger partial charge in [-0.1, -0.05) is 41.9 Å². The Labute approximate surface area is 162 Å². The standard InChI is InChI=1S/C20H18ClN3O3/c1-12-15(11-22-19(23-12)13-7-5-4-6-8-13)20(25)24-18-16(21)9-14(26-2)10-17(18)27-3/h4-11H,1-3H3,(H,24,25). The number of ether oxygens (including phenoxy) is 2. The van der Waals surface area contributed by atoms with Crippen molar-refractivity contribution >= 4 is 23.2 Å². The lowest BCUT2D eigenvalue weighted by Crippen LogP contribution is -2.16. The number of benzene rings is 2. The van der Waals surface area contributed by atoms with Crippen molar-refractivity contribution in [3.05, 3.63) is 64.9 Å². The van der Waals surface area contributed by atoms with Crippen molar-refractivity contribution in [1.29, 1.82) is 0 Å². The molecule has 0 bridgehead atoms. The van der Waals surface area contributed by atoms with Gasteiger partial charge in [0, 0.05) is 23.9 Å². The fourth-order valence-corrected chi connectivity index (χ4v) is 2.80. The Morgan fingerprint density at radius 2 is 1.85 bits per heavy atom. The summed E-state index contributed by atoms with van der Waals surface area (Å²) in [6.07, 6.45) is 1.50. The summed E-state index contributed by atoms with van der Waals surface area (Å²) in [6, 6.07) is 12.8. The fourth-order valence-electron chi connectivity index (χ4n) is 2.56. The number of aromatic nitrogens is 2. The molecule has 27 heavy (non-hydrogen) atoms. The lowest BCUT2D eigenvalue weighted by atomic mass is 10.1. The van der Waals surface area contributed by atoms with Crippen molar-refractivity contribution < 1.29 is 14.3 Å².